The van der Waals surface area contributed by atoms with Crippen molar-refractivity contribution < 1.29 is 4.39 Å². The first-order valence-corrected chi connectivity index (χ1v) is 6.86. The van der Waals surface area contributed by atoms with Crippen molar-refractivity contribution in [3.05, 3.63) is 70.9 Å². The molecule has 1 aromatic heterocycles. The van der Waals surface area contributed by atoms with Crippen molar-refractivity contribution in [3.63, 3.8) is 0 Å². The van der Waals surface area contributed by atoms with E-state index >= 15 is 0 Å². The third-order valence-corrected chi connectivity index (χ3v) is 4.18. The molecule has 1 heterocycles. The Morgan fingerprint density at radius 1 is 1.00 bits per heavy atom. The van der Waals surface area contributed by atoms with Gasteiger partial charge in [-0.25, -0.2) is 9.82 Å². The van der Waals surface area contributed by atoms with Gasteiger partial charge < -0.3 is 0 Å². The highest BCUT2D eigenvalue weighted by Gasteiger charge is 2.18. The van der Waals surface area contributed by atoms with Crippen molar-refractivity contribution in [3.8, 4) is 0 Å². The fourth-order valence-electron chi connectivity index (χ4n) is 2.30. The number of hydrogen-bond donors (Lipinski definition) is 2. The van der Waals surface area contributed by atoms with Crippen LogP contribution in [0.3, 0.4) is 0 Å². The second kappa shape index (κ2) is 5.09. The SMILES string of the molecule is NNC(c1ccccc1F)c1cccc2ccsc12. The lowest BCUT2D eigenvalue weighted by Crippen LogP contribution is -2.29. The maximum Gasteiger partial charge on any atom is 0.128 e. The second-order valence-corrected chi connectivity index (χ2v) is 5.22. The predicted octanol–water partition coefficient (Wildman–Crippen LogP) is 3.59. The molecule has 0 amide bonds. The minimum absolute atomic E-state index is 0.251. The number of hydrogen-bond acceptors (Lipinski definition) is 3. The molecule has 0 aliphatic heterocycles. The first kappa shape index (κ1) is 12.3. The summed E-state index contributed by atoms with van der Waals surface area (Å²) in [7, 11) is 0. The molecule has 0 aliphatic carbocycles. The average Bonchev–Trinajstić information content (AvgIpc) is 2.91. The van der Waals surface area contributed by atoms with E-state index in [-0.39, 0.29) is 11.9 Å². The lowest BCUT2D eigenvalue weighted by molar-refractivity contribution is 0.562. The first-order valence-electron chi connectivity index (χ1n) is 5.98. The molecular weight excluding hydrogens is 259 g/mol. The molecule has 2 nitrogen and oxygen atoms in total. The molecule has 2 aromatic carbocycles. The summed E-state index contributed by atoms with van der Waals surface area (Å²) in [5, 5.41) is 3.18. The lowest BCUT2D eigenvalue weighted by atomic mass is 9.98. The Morgan fingerprint density at radius 3 is 2.58 bits per heavy atom. The van der Waals surface area contributed by atoms with Crippen LogP contribution in [0, 0.1) is 5.82 Å². The number of nitrogens with one attached hydrogen (secondary N) is 1. The van der Waals surface area contributed by atoms with Crippen LogP contribution in [0.1, 0.15) is 17.2 Å². The number of benzene rings is 2. The minimum Gasteiger partial charge on any atom is -0.271 e. The molecule has 0 saturated carbocycles. The van der Waals surface area contributed by atoms with Gasteiger partial charge in [-0.2, -0.15) is 0 Å². The average molecular weight is 272 g/mol. The van der Waals surface area contributed by atoms with E-state index in [9.17, 15) is 4.39 Å². The molecule has 1 unspecified atom stereocenters. The van der Waals surface area contributed by atoms with Gasteiger partial charge in [0.2, 0.25) is 0 Å². The molecular formula is C15H13FN2S. The van der Waals surface area contributed by atoms with E-state index in [1.807, 2.05) is 29.6 Å². The van der Waals surface area contributed by atoms with Gasteiger partial charge in [0.1, 0.15) is 5.82 Å². The molecule has 3 rings (SSSR count). The van der Waals surface area contributed by atoms with Crippen molar-refractivity contribution in [1.29, 1.82) is 0 Å². The second-order valence-electron chi connectivity index (χ2n) is 4.31. The zero-order valence-electron chi connectivity index (χ0n) is 10.1. The van der Waals surface area contributed by atoms with Gasteiger partial charge in [-0.3, -0.25) is 5.84 Å². The standard InChI is InChI=1S/C15H13FN2S/c16-13-7-2-1-5-11(13)14(18-17)12-6-3-4-10-8-9-19-15(10)12/h1-9,14,18H,17H2. The van der Waals surface area contributed by atoms with E-state index in [2.05, 4.69) is 11.5 Å². The minimum atomic E-state index is -0.344. The fourth-order valence-corrected chi connectivity index (χ4v) is 3.24. The number of halogens is 1. The van der Waals surface area contributed by atoms with Gasteiger partial charge in [-0.1, -0.05) is 36.4 Å². The van der Waals surface area contributed by atoms with Gasteiger partial charge in [-0.05, 0) is 28.5 Å². The number of thiophene rings is 1. The summed E-state index contributed by atoms with van der Waals surface area (Å²) in [6.07, 6.45) is 0. The van der Waals surface area contributed by atoms with E-state index in [0.717, 1.165) is 15.6 Å². The number of rotatable bonds is 3. The van der Waals surface area contributed by atoms with Crippen molar-refractivity contribution in [1.82, 2.24) is 5.43 Å². The Balaban J connectivity index is 2.18. The third-order valence-electron chi connectivity index (χ3n) is 3.20. The maximum atomic E-state index is 13.9. The molecule has 96 valence electrons. The van der Waals surface area contributed by atoms with Crippen LogP contribution in [-0.2, 0) is 0 Å². The summed E-state index contributed by atoms with van der Waals surface area (Å²) in [4.78, 5) is 0. The zero-order valence-corrected chi connectivity index (χ0v) is 11.0. The van der Waals surface area contributed by atoms with Gasteiger partial charge in [0, 0.05) is 10.3 Å². The molecule has 0 bridgehead atoms. The van der Waals surface area contributed by atoms with Crippen LogP contribution < -0.4 is 11.3 Å². The van der Waals surface area contributed by atoms with E-state index in [1.165, 1.54) is 6.07 Å². The molecule has 19 heavy (non-hydrogen) atoms. The maximum absolute atomic E-state index is 13.9. The normalized spacial score (nSPS) is 12.7. The van der Waals surface area contributed by atoms with Crippen LogP contribution in [0.25, 0.3) is 10.1 Å². The van der Waals surface area contributed by atoms with E-state index in [4.69, 9.17) is 5.84 Å². The molecule has 0 radical (unpaired) electrons. The van der Waals surface area contributed by atoms with Crippen LogP contribution in [0.15, 0.2) is 53.9 Å². The highest BCUT2D eigenvalue weighted by Crippen LogP contribution is 2.32. The smallest absolute Gasteiger partial charge is 0.128 e. The van der Waals surface area contributed by atoms with Gasteiger partial charge in [-0.15, -0.1) is 11.3 Å². The Kier molecular flexibility index (Phi) is 3.29. The molecule has 3 aromatic rings. The van der Waals surface area contributed by atoms with Crippen molar-refractivity contribution in [2.75, 3.05) is 0 Å². The molecule has 3 N–H and O–H groups in total. The lowest BCUT2D eigenvalue weighted by Gasteiger charge is -2.18. The highest BCUT2D eigenvalue weighted by molar-refractivity contribution is 7.17. The summed E-state index contributed by atoms with van der Waals surface area (Å²) in [5.41, 5.74) is 4.29. The molecule has 4 heteroatoms. The van der Waals surface area contributed by atoms with E-state index in [1.54, 1.807) is 23.5 Å². The number of nitrogens with two attached hydrogens (primary N) is 1. The van der Waals surface area contributed by atoms with Crippen LogP contribution in [0.5, 0.6) is 0 Å². The van der Waals surface area contributed by atoms with Crippen molar-refractivity contribution >= 4 is 21.4 Å². The predicted molar refractivity (Wildman–Crippen MR) is 77.4 cm³/mol. The summed E-state index contributed by atoms with van der Waals surface area (Å²) in [5.74, 6) is 5.40. The summed E-state index contributed by atoms with van der Waals surface area (Å²) in [6, 6.07) is 14.4. The summed E-state index contributed by atoms with van der Waals surface area (Å²) < 4.78 is 15.1. The largest absolute Gasteiger partial charge is 0.271 e. The van der Waals surface area contributed by atoms with Crippen LogP contribution in [0.4, 0.5) is 4.39 Å². The van der Waals surface area contributed by atoms with Crippen LogP contribution in [0.2, 0.25) is 0 Å². The third kappa shape index (κ3) is 2.14. The number of fused-ring (bicyclic) bond motifs is 1. The monoisotopic (exact) mass is 272 g/mol. The molecule has 0 fully saturated rings. The van der Waals surface area contributed by atoms with Gasteiger partial charge >= 0.3 is 0 Å². The number of hydrazine groups is 1. The Morgan fingerprint density at radius 2 is 1.79 bits per heavy atom. The topological polar surface area (TPSA) is 38.0 Å². The summed E-state index contributed by atoms with van der Waals surface area (Å²) in [6.45, 7) is 0. The molecule has 1 atom stereocenters. The molecule has 0 saturated heterocycles. The van der Waals surface area contributed by atoms with E-state index < -0.39 is 0 Å². The zero-order chi connectivity index (χ0) is 13.2. The first-order chi connectivity index (χ1) is 9.31. The van der Waals surface area contributed by atoms with Gasteiger partial charge in [0.25, 0.3) is 0 Å². The van der Waals surface area contributed by atoms with Gasteiger partial charge in [0.15, 0.2) is 0 Å². The fraction of sp³-hybridized carbons (Fsp3) is 0.0667. The Bertz CT molecular complexity index is 708. The van der Waals surface area contributed by atoms with Crippen LogP contribution in [-0.4, -0.2) is 0 Å². The Labute approximate surface area is 114 Å². The molecule has 0 spiro atoms. The highest BCUT2D eigenvalue weighted by atomic mass is 32.1. The van der Waals surface area contributed by atoms with Gasteiger partial charge in [0.05, 0.1) is 6.04 Å². The molecule has 0 aliphatic rings. The Hall–Kier alpha value is -1.75. The summed E-state index contributed by atoms with van der Waals surface area (Å²) >= 11 is 1.64. The van der Waals surface area contributed by atoms with Crippen LogP contribution >= 0.6 is 11.3 Å². The quantitative estimate of drug-likeness (QED) is 0.565. The van der Waals surface area contributed by atoms with Crippen molar-refractivity contribution in [2.45, 2.75) is 6.04 Å². The van der Waals surface area contributed by atoms with Crippen molar-refractivity contribution in [2.24, 2.45) is 5.84 Å². The van der Waals surface area contributed by atoms with E-state index in [0.29, 0.717) is 5.56 Å².